The molecule has 9 aromatic rings. The van der Waals surface area contributed by atoms with Crippen LogP contribution in [-0.4, -0.2) is 14.1 Å². The molecule has 280 valence electrons. The summed E-state index contributed by atoms with van der Waals surface area (Å²) in [5, 5.41) is 2.21. The van der Waals surface area contributed by atoms with E-state index < -0.39 is 0 Å². The summed E-state index contributed by atoms with van der Waals surface area (Å²) in [5.41, 5.74) is 10.7. The van der Waals surface area contributed by atoms with Gasteiger partial charge in [0, 0.05) is 44.3 Å². The summed E-state index contributed by atoms with van der Waals surface area (Å²) >= 11 is 0. The van der Waals surface area contributed by atoms with Gasteiger partial charge in [-0.05, 0) is 74.5 Å². The van der Waals surface area contributed by atoms with Crippen LogP contribution in [0.5, 0.6) is 11.5 Å². The maximum atomic E-state index is 6.58. The van der Waals surface area contributed by atoms with Gasteiger partial charge < -0.3 is 13.9 Å². The minimum absolute atomic E-state index is 0. The molecule has 3 heterocycles. The third-order valence-electron chi connectivity index (χ3n) is 10.3. The van der Waals surface area contributed by atoms with Gasteiger partial charge in [-0.2, -0.15) is 18.2 Å². The summed E-state index contributed by atoms with van der Waals surface area (Å²) in [6.45, 7) is 13.4. The molecular weight excluding hydrogens is 868 g/mol. The first kappa shape index (κ1) is 37.2. The van der Waals surface area contributed by atoms with Crippen molar-refractivity contribution in [2.75, 3.05) is 0 Å². The minimum atomic E-state index is -0.0338. The number of rotatable bonds is 6. The van der Waals surface area contributed by atoms with Crippen molar-refractivity contribution in [3.63, 3.8) is 0 Å². The third kappa shape index (κ3) is 6.86. The van der Waals surface area contributed by atoms with Gasteiger partial charge in [0.25, 0.3) is 6.33 Å². The Kier molecular flexibility index (Phi) is 9.55. The van der Waals surface area contributed by atoms with Gasteiger partial charge in [0.2, 0.25) is 0 Å². The molecule has 5 nitrogen and oxygen atoms in total. The molecule has 0 saturated carbocycles. The summed E-state index contributed by atoms with van der Waals surface area (Å²) in [7, 11) is 0. The van der Waals surface area contributed by atoms with E-state index in [1.54, 1.807) is 0 Å². The Morgan fingerprint density at radius 1 is 0.589 bits per heavy atom. The second-order valence-electron chi connectivity index (χ2n) is 16.2. The van der Waals surface area contributed by atoms with Gasteiger partial charge in [-0.15, -0.1) is 29.7 Å². The number of benzene rings is 6. The first-order chi connectivity index (χ1) is 26.5. The summed E-state index contributed by atoms with van der Waals surface area (Å²) in [6, 6.07) is 55.8. The Morgan fingerprint density at radius 3 is 2.12 bits per heavy atom. The molecule has 0 aliphatic carbocycles. The fourth-order valence-electron chi connectivity index (χ4n) is 7.33. The first-order valence-corrected chi connectivity index (χ1v) is 18.8. The number of para-hydroxylation sites is 2. The Balaban J connectivity index is 0.00000441. The molecule has 6 aromatic carbocycles. The summed E-state index contributed by atoms with van der Waals surface area (Å²) in [6.07, 6.45) is 5.52. The zero-order chi connectivity index (χ0) is 37.9. The van der Waals surface area contributed by atoms with Crippen molar-refractivity contribution in [2.45, 2.75) is 52.4 Å². The molecule has 0 bridgehead atoms. The molecular formula is C50H42N4OPt-2. The number of aromatic nitrogens is 4. The van der Waals surface area contributed by atoms with E-state index in [0.717, 1.165) is 55.6 Å². The van der Waals surface area contributed by atoms with Crippen molar-refractivity contribution in [3.05, 3.63) is 175 Å². The molecule has 3 aromatic heterocycles. The third-order valence-corrected chi connectivity index (χ3v) is 10.3. The van der Waals surface area contributed by atoms with Crippen LogP contribution in [0.3, 0.4) is 0 Å². The fourth-order valence-corrected chi connectivity index (χ4v) is 7.33. The Bertz CT molecular complexity index is 2870. The predicted octanol–water partition coefficient (Wildman–Crippen LogP) is 11.9. The van der Waals surface area contributed by atoms with Crippen molar-refractivity contribution in [1.82, 2.24) is 14.1 Å². The van der Waals surface area contributed by atoms with Gasteiger partial charge in [0.1, 0.15) is 5.82 Å². The zero-order valence-electron chi connectivity index (χ0n) is 32.4. The molecule has 0 radical (unpaired) electrons. The first-order valence-electron chi connectivity index (χ1n) is 18.8. The molecule has 0 unspecified atom stereocenters. The normalized spacial score (nSPS) is 12.0. The van der Waals surface area contributed by atoms with E-state index in [2.05, 4.69) is 183 Å². The monoisotopic (exact) mass is 909 g/mol. The molecule has 56 heavy (non-hydrogen) atoms. The molecule has 0 N–H and O–H groups in total. The Labute approximate surface area is 343 Å². The van der Waals surface area contributed by atoms with Crippen molar-refractivity contribution in [2.24, 2.45) is 0 Å². The standard InChI is InChI=1S/C50H42N4O.Pt/c1-49(2,3)36-16-12-17-38(29-36)52-33-53(46-21-11-10-20-45(46)52)39-18-13-19-40(31-39)55-41-23-24-42-43-28-35(34-14-8-7-9-15-34)22-25-44(43)54(47(42)32-41)48-30-37(26-27-51-48)50(4,5)6;/h7-30H,1-6H3;/q-2;. The second-order valence-corrected chi connectivity index (χ2v) is 16.2. The van der Waals surface area contributed by atoms with Crippen LogP contribution in [0.4, 0.5) is 0 Å². The van der Waals surface area contributed by atoms with Crippen LogP contribution in [0, 0.1) is 18.5 Å². The van der Waals surface area contributed by atoms with Crippen LogP contribution in [0.25, 0.3) is 61.2 Å². The van der Waals surface area contributed by atoms with E-state index in [1.165, 1.54) is 16.7 Å². The summed E-state index contributed by atoms with van der Waals surface area (Å²) < 4.78 is 13.0. The van der Waals surface area contributed by atoms with Crippen LogP contribution >= 0.6 is 0 Å². The molecule has 0 atom stereocenters. The Morgan fingerprint density at radius 2 is 1.32 bits per heavy atom. The van der Waals surface area contributed by atoms with Crippen molar-refractivity contribution >= 4 is 32.8 Å². The maximum absolute atomic E-state index is 6.58. The van der Waals surface area contributed by atoms with Crippen LogP contribution in [0.1, 0.15) is 52.7 Å². The van der Waals surface area contributed by atoms with Crippen molar-refractivity contribution in [3.8, 4) is 39.8 Å². The number of nitrogens with zero attached hydrogens (tertiary/aromatic N) is 4. The zero-order valence-corrected chi connectivity index (χ0v) is 34.6. The number of ether oxygens (including phenoxy) is 1. The van der Waals surface area contributed by atoms with E-state index in [0.29, 0.717) is 11.5 Å². The SMILES string of the molecule is CC(C)(C)c1cccc(-[n+]2[c-]n(-c3[c-]c(Oc4[c-]c5c(cc4)c4cc(-c6ccccc6)ccc4n5-c4cc(C(C)(C)C)ccn4)ccc3)c3ccccc32)c1.[Pt]. The predicted molar refractivity (Wildman–Crippen MR) is 223 cm³/mol. The van der Waals surface area contributed by atoms with Gasteiger partial charge in [0.05, 0.1) is 16.7 Å². The van der Waals surface area contributed by atoms with Crippen LogP contribution in [0.15, 0.2) is 146 Å². The van der Waals surface area contributed by atoms with Crippen molar-refractivity contribution in [1.29, 1.82) is 0 Å². The van der Waals surface area contributed by atoms with Gasteiger partial charge in [0.15, 0.2) is 0 Å². The average molecular weight is 910 g/mol. The van der Waals surface area contributed by atoms with E-state index in [1.807, 2.05) is 36.5 Å². The van der Waals surface area contributed by atoms with Gasteiger partial charge in [-0.1, -0.05) is 126 Å². The van der Waals surface area contributed by atoms with Gasteiger partial charge in [-0.25, -0.2) is 4.98 Å². The Hall–Kier alpha value is -5.77. The molecule has 0 spiro atoms. The number of imidazole rings is 1. The van der Waals surface area contributed by atoms with E-state index in [-0.39, 0.29) is 31.9 Å². The van der Waals surface area contributed by atoms with Crippen LogP contribution in [0.2, 0.25) is 0 Å². The number of pyridine rings is 1. The fraction of sp³-hybridized carbons (Fsp3) is 0.160. The molecule has 0 aliphatic heterocycles. The van der Waals surface area contributed by atoms with E-state index in [9.17, 15) is 0 Å². The molecule has 0 saturated heterocycles. The molecule has 0 fully saturated rings. The van der Waals surface area contributed by atoms with Gasteiger partial charge >= 0.3 is 0 Å². The van der Waals surface area contributed by atoms with Crippen LogP contribution < -0.4 is 9.30 Å². The molecule has 0 aliphatic rings. The van der Waals surface area contributed by atoms with Crippen molar-refractivity contribution < 1.29 is 30.4 Å². The maximum Gasteiger partial charge on any atom is 0.268 e. The summed E-state index contributed by atoms with van der Waals surface area (Å²) in [5.74, 6) is 2.02. The van der Waals surface area contributed by atoms with Crippen LogP contribution in [-0.2, 0) is 31.9 Å². The second kappa shape index (κ2) is 14.4. The quantitative estimate of drug-likeness (QED) is 0.123. The van der Waals surface area contributed by atoms with E-state index >= 15 is 0 Å². The molecule has 0 amide bonds. The number of fused-ring (bicyclic) bond motifs is 4. The largest absolute Gasteiger partial charge is 0.510 e. The smallest absolute Gasteiger partial charge is 0.268 e. The average Bonchev–Trinajstić information content (AvgIpc) is 3.74. The number of hydrogen-bond acceptors (Lipinski definition) is 2. The van der Waals surface area contributed by atoms with Gasteiger partial charge in [-0.3, -0.25) is 4.57 Å². The molecule has 6 heteroatoms. The summed E-state index contributed by atoms with van der Waals surface area (Å²) in [4.78, 5) is 4.89. The topological polar surface area (TPSA) is 35.9 Å². The van der Waals surface area contributed by atoms with E-state index in [4.69, 9.17) is 9.72 Å². The minimum Gasteiger partial charge on any atom is -0.510 e. The molecule has 9 rings (SSSR count). The number of hydrogen-bond donors (Lipinski definition) is 0.